The van der Waals surface area contributed by atoms with Crippen LogP contribution >= 0.6 is 0 Å². The molecule has 114 valence electrons. The van der Waals surface area contributed by atoms with Gasteiger partial charge in [-0.05, 0) is 37.3 Å². The number of carboxylic acid groups (broad SMARTS) is 1. The number of Topliss-reactive ketones (excluding diaryl/α,β-unsaturated/α-hetero) is 1. The van der Waals surface area contributed by atoms with Crippen LogP contribution in [0.1, 0.15) is 43.2 Å². The van der Waals surface area contributed by atoms with Gasteiger partial charge in [-0.25, -0.2) is 0 Å². The average Bonchev–Trinajstić information content (AvgIpc) is 2.75. The Morgan fingerprint density at radius 3 is 2.29 bits per heavy atom. The Hall–Kier alpha value is -0.720. The van der Waals surface area contributed by atoms with Crippen molar-refractivity contribution in [3.8, 4) is 0 Å². The second-order valence-electron chi connectivity index (χ2n) is 5.06. The first-order valence-corrected chi connectivity index (χ1v) is 6.42. The van der Waals surface area contributed by atoms with Gasteiger partial charge in [-0.1, -0.05) is 24.3 Å². The number of carboxylic acids is 1. The van der Waals surface area contributed by atoms with Gasteiger partial charge in [0.25, 0.3) is 0 Å². The predicted molar refractivity (Wildman–Crippen MR) is 82.9 cm³/mol. The minimum atomic E-state index is -0.811. The van der Waals surface area contributed by atoms with Crippen LogP contribution in [-0.4, -0.2) is 57.4 Å². The molecule has 1 fully saturated rings. The standard InChI is InChI=1S/C15H18O3.Na.2H2O.H/c1-10(15(17)18)12-7-5-11(6-8-12)9-13-3-2-4-14(13)16;;;;/h5-8,10,13H,2-4,9H2,1H3,(H,17,18);;2*1H2;. The number of ketones is 1. The van der Waals surface area contributed by atoms with Crippen molar-refractivity contribution in [2.75, 3.05) is 0 Å². The zero-order valence-electron chi connectivity index (χ0n) is 11.6. The Labute approximate surface area is 146 Å². The van der Waals surface area contributed by atoms with Crippen LogP contribution in [0, 0.1) is 5.92 Å². The third-order valence-corrected chi connectivity index (χ3v) is 3.76. The zero-order chi connectivity index (χ0) is 13.1. The molecule has 6 heteroatoms. The fraction of sp³-hybridized carbons (Fsp3) is 0.467. The van der Waals surface area contributed by atoms with Gasteiger partial charge in [0.15, 0.2) is 0 Å². The van der Waals surface area contributed by atoms with Crippen molar-refractivity contribution in [2.24, 2.45) is 5.92 Å². The molecule has 1 aliphatic carbocycles. The van der Waals surface area contributed by atoms with E-state index in [0.717, 1.165) is 36.8 Å². The van der Waals surface area contributed by atoms with Crippen molar-refractivity contribution in [3.63, 3.8) is 0 Å². The van der Waals surface area contributed by atoms with Gasteiger partial charge in [0.05, 0.1) is 5.92 Å². The number of rotatable bonds is 4. The number of hydrogen-bond donors (Lipinski definition) is 1. The summed E-state index contributed by atoms with van der Waals surface area (Å²) in [5, 5.41) is 8.92. The van der Waals surface area contributed by atoms with Crippen molar-refractivity contribution >= 4 is 41.3 Å². The molecule has 0 amide bonds. The topological polar surface area (TPSA) is 117 Å². The molecule has 1 aromatic rings. The first-order valence-electron chi connectivity index (χ1n) is 6.42. The van der Waals surface area contributed by atoms with Crippen LogP contribution in [0.3, 0.4) is 0 Å². The molecule has 2 rings (SSSR count). The fourth-order valence-electron chi connectivity index (χ4n) is 2.47. The molecule has 1 aromatic carbocycles. The zero-order valence-corrected chi connectivity index (χ0v) is 11.6. The number of carbonyl (C=O) groups is 2. The summed E-state index contributed by atoms with van der Waals surface area (Å²) < 4.78 is 0. The minimum absolute atomic E-state index is 0. The van der Waals surface area contributed by atoms with Crippen LogP contribution in [0.2, 0.25) is 0 Å². The van der Waals surface area contributed by atoms with E-state index in [1.54, 1.807) is 6.92 Å². The summed E-state index contributed by atoms with van der Waals surface area (Å²) >= 11 is 0. The van der Waals surface area contributed by atoms with Crippen molar-refractivity contribution in [1.82, 2.24) is 0 Å². The van der Waals surface area contributed by atoms with Crippen LogP contribution in [0.4, 0.5) is 0 Å². The monoisotopic (exact) mass is 306 g/mol. The molecule has 1 saturated carbocycles. The summed E-state index contributed by atoms with van der Waals surface area (Å²) in [6.45, 7) is 1.68. The Kier molecular flexibility index (Phi) is 10.8. The van der Waals surface area contributed by atoms with E-state index in [0.29, 0.717) is 5.78 Å². The average molecular weight is 306 g/mol. The van der Waals surface area contributed by atoms with Crippen LogP contribution in [0.5, 0.6) is 0 Å². The molecule has 0 bridgehead atoms. The maximum absolute atomic E-state index is 11.6. The molecule has 2 atom stereocenters. The van der Waals surface area contributed by atoms with Gasteiger partial charge >= 0.3 is 35.5 Å². The van der Waals surface area contributed by atoms with Crippen LogP contribution in [0.25, 0.3) is 0 Å². The van der Waals surface area contributed by atoms with E-state index in [4.69, 9.17) is 5.11 Å². The Balaban J connectivity index is 0. The van der Waals surface area contributed by atoms with Gasteiger partial charge in [0.1, 0.15) is 5.78 Å². The van der Waals surface area contributed by atoms with Crippen molar-refractivity contribution in [3.05, 3.63) is 35.4 Å². The molecule has 1 aliphatic rings. The second kappa shape index (κ2) is 10.1. The van der Waals surface area contributed by atoms with Gasteiger partial charge < -0.3 is 16.1 Å². The SMILES string of the molecule is CC(C(=O)O)c1ccc(CC2CCCC2=O)cc1.O.O.[NaH]. The molecule has 0 aromatic heterocycles. The fourth-order valence-corrected chi connectivity index (χ4v) is 2.47. The van der Waals surface area contributed by atoms with Gasteiger partial charge in [0, 0.05) is 12.3 Å². The van der Waals surface area contributed by atoms with Gasteiger partial charge in [-0.3, -0.25) is 9.59 Å². The van der Waals surface area contributed by atoms with Crippen molar-refractivity contribution in [2.45, 2.75) is 38.5 Å². The van der Waals surface area contributed by atoms with Crippen molar-refractivity contribution in [1.29, 1.82) is 0 Å². The summed E-state index contributed by atoms with van der Waals surface area (Å²) in [6.07, 6.45) is 3.52. The first kappa shape index (κ1) is 22.6. The van der Waals surface area contributed by atoms with Gasteiger partial charge in [-0.15, -0.1) is 0 Å². The third-order valence-electron chi connectivity index (χ3n) is 3.76. The molecule has 5 nitrogen and oxygen atoms in total. The summed E-state index contributed by atoms with van der Waals surface area (Å²) in [4.78, 5) is 22.4. The van der Waals surface area contributed by atoms with E-state index < -0.39 is 11.9 Å². The first-order chi connectivity index (χ1) is 8.58. The van der Waals surface area contributed by atoms with E-state index in [1.165, 1.54) is 0 Å². The molecule has 5 N–H and O–H groups in total. The van der Waals surface area contributed by atoms with Crippen molar-refractivity contribution < 1.29 is 25.6 Å². The number of carbonyl (C=O) groups excluding carboxylic acids is 1. The molecule has 21 heavy (non-hydrogen) atoms. The van der Waals surface area contributed by atoms with Crippen LogP contribution < -0.4 is 0 Å². The Morgan fingerprint density at radius 1 is 1.29 bits per heavy atom. The molecule has 0 aliphatic heterocycles. The second-order valence-corrected chi connectivity index (χ2v) is 5.06. The summed E-state index contributed by atoms with van der Waals surface area (Å²) in [6, 6.07) is 7.60. The number of hydrogen-bond acceptors (Lipinski definition) is 2. The summed E-state index contributed by atoms with van der Waals surface area (Å²) in [7, 11) is 0. The quantitative estimate of drug-likeness (QED) is 0.815. The van der Waals surface area contributed by atoms with E-state index in [9.17, 15) is 9.59 Å². The van der Waals surface area contributed by atoms with Gasteiger partial charge in [0.2, 0.25) is 0 Å². The molecule has 0 radical (unpaired) electrons. The normalized spacial score (nSPS) is 18.0. The molecule has 0 heterocycles. The summed E-state index contributed by atoms with van der Waals surface area (Å²) in [5.41, 5.74) is 1.93. The van der Waals surface area contributed by atoms with Gasteiger partial charge in [-0.2, -0.15) is 0 Å². The van der Waals surface area contributed by atoms with E-state index in [2.05, 4.69) is 0 Å². The number of aliphatic carboxylic acids is 1. The Bertz CT molecular complexity index is 458. The molecule has 0 saturated heterocycles. The van der Waals surface area contributed by atoms with Crippen LogP contribution in [-0.2, 0) is 16.0 Å². The van der Waals surface area contributed by atoms with E-state index in [-0.39, 0.29) is 46.4 Å². The van der Waals surface area contributed by atoms with Crippen LogP contribution in [0.15, 0.2) is 24.3 Å². The number of benzene rings is 1. The molecule has 2 unspecified atom stereocenters. The maximum atomic E-state index is 11.6. The molecule has 0 spiro atoms. The van der Waals surface area contributed by atoms with E-state index >= 15 is 0 Å². The van der Waals surface area contributed by atoms with E-state index in [1.807, 2.05) is 24.3 Å². The molecular weight excluding hydrogens is 283 g/mol. The third kappa shape index (κ3) is 5.88. The molecular formula is C15H23NaO5. The predicted octanol–water partition coefficient (Wildman–Crippen LogP) is 0.488. The summed E-state index contributed by atoms with van der Waals surface area (Å²) in [5.74, 6) is -0.744. The Morgan fingerprint density at radius 2 is 1.86 bits per heavy atom.